The molecule has 27 heavy (non-hydrogen) atoms. The maximum atomic E-state index is 12.2. The summed E-state index contributed by atoms with van der Waals surface area (Å²) < 4.78 is 0. The van der Waals surface area contributed by atoms with E-state index in [1.165, 1.54) is 25.7 Å². The van der Waals surface area contributed by atoms with E-state index in [9.17, 15) is 9.59 Å². The molecule has 0 radical (unpaired) electrons. The largest absolute Gasteiger partial charge is 0.353 e. The van der Waals surface area contributed by atoms with Gasteiger partial charge in [-0.2, -0.15) is 0 Å². The van der Waals surface area contributed by atoms with Crippen molar-refractivity contribution in [1.29, 1.82) is 0 Å². The Balaban J connectivity index is 1.47. The molecule has 3 rings (SSSR count). The molecule has 1 atom stereocenters. The monoisotopic (exact) mass is 391 g/mol. The zero-order valence-corrected chi connectivity index (χ0v) is 16.6. The van der Waals surface area contributed by atoms with Crippen LogP contribution in [0.4, 0.5) is 0 Å². The highest BCUT2D eigenvalue weighted by Gasteiger charge is 2.24. The van der Waals surface area contributed by atoms with Crippen LogP contribution in [0.3, 0.4) is 0 Å². The minimum atomic E-state index is -0.138. The minimum Gasteiger partial charge on any atom is -0.353 e. The third-order valence-corrected chi connectivity index (χ3v) is 5.94. The summed E-state index contributed by atoms with van der Waals surface area (Å²) in [5.74, 6) is 0.347. The molecule has 1 aliphatic carbocycles. The Labute approximate surface area is 166 Å². The highest BCUT2D eigenvalue weighted by Crippen LogP contribution is 2.27. The van der Waals surface area contributed by atoms with Gasteiger partial charge in [0.05, 0.1) is 12.6 Å². The number of amides is 2. The molecule has 2 N–H and O–H groups in total. The van der Waals surface area contributed by atoms with Gasteiger partial charge < -0.3 is 10.6 Å². The third kappa shape index (κ3) is 6.22. The van der Waals surface area contributed by atoms with Crippen LogP contribution in [0.25, 0.3) is 0 Å². The van der Waals surface area contributed by atoms with E-state index < -0.39 is 0 Å². The molecule has 1 unspecified atom stereocenters. The number of nitrogens with one attached hydrogen (secondary N) is 2. The molecule has 1 aromatic rings. The van der Waals surface area contributed by atoms with Crippen molar-refractivity contribution >= 4 is 23.4 Å². The highest BCUT2D eigenvalue weighted by molar-refractivity contribution is 6.30. The van der Waals surface area contributed by atoms with Gasteiger partial charge in [-0.15, -0.1) is 0 Å². The zero-order valence-electron chi connectivity index (χ0n) is 15.9. The molecule has 5 nitrogen and oxygen atoms in total. The van der Waals surface area contributed by atoms with Crippen LogP contribution in [0.5, 0.6) is 0 Å². The SMILES string of the molecule is O=C(CNC(=O)CC1CCCC1)NCC(c1cccc(Cl)c1)N1CCCC1. The number of benzene rings is 1. The maximum absolute atomic E-state index is 12.2. The van der Waals surface area contributed by atoms with E-state index in [1.54, 1.807) is 0 Å². The Kier molecular flexibility index (Phi) is 7.53. The lowest BCUT2D eigenvalue weighted by molar-refractivity contribution is -0.126. The predicted molar refractivity (Wildman–Crippen MR) is 108 cm³/mol. The van der Waals surface area contributed by atoms with Gasteiger partial charge >= 0.3 is 0 Å². The molecule has 0 spiro atoms. The number of halogens is 1. The van der Waals surface area contributed by atoms with Crippen molar-refractivity contribution in [3.05, 3.63) is 34.9 Å². The van der Waals surface area contributed by atoms with Crippen molar-refractivity contribution < 1.29 is 9.59 Å². The first kappa shape index (κ1) is 20.2. The topological polar surface area (TPSA) is 61.4 Å². The number of carbonyl (C=O) groups excluding carboxylic acids is 2. The summed E-state index contributed by atoms with van der Waals surface area (Å²) in [6.07, 6.45) is 7.63. The standard InChI is InChI=1S/C21H30ClN3O2/c22-18-9-5-8-17(13-18)19(25-10-3-4-11-25)14-23-21(27)15-24-20(26)12-16-6-1-2-7-16/h5,8-9,13,16,19H,1-4,6-7,10-12,14-15H2,(H,23,27)(H,24,26). The fourth-order valence-electron chi connectivity index (χ4n) is 4.23. The van der Waals surface area contributed by atoms with E-state index in [2.05, 4.69) is 21.6 Å². The molecule has 1 saturated heterocycles. The maximum Gasteiger partial charge on any atom is 0.239 e. The molecule has 1 saturated carbocycles. The second kappa shape index (κ2) is 10.1. The van der Waals surface area contributed by atoms with Crippen molar-refractivity contribution in [2.24, 2.45) is 5.92 Å². The first-order valence-corrected chi connectivity index (χ1v) is 10.5. The van der Waals surface area contributed by atoms with Crippen LogP contribution in [0.1, 0.15) is 56.6 Å². The van der Waals surface area contributed by atoms with Crippen molar-refractivity contribution in [3.8, 4) is 0 Å². The molecule has 1 heterocycles. The molecule has 2 aliphatic rings. The van der Waals surface area contributed by atoms with Gasteiger partial charge in [-0.1, -0.05) is 36.6 Å². The smallest absolute Gasteiger partial charge is 0.239 e. The number of hydrogen-bond acceptors (Lipinski definition) is 3. The van der Waals surface area contributed by atoms with Gasteiger partial charge in [-0.05, 0) is 62.4 Å². The summed E-state index contributed by atoms with van der Waals surface area (Å²) in [5, 5.41) is 6.46. The van der Waals surface area contributed by atoms with E-state index >= 15 is 0 Å². The van der Waals surface area contributed by atoms with Crippen LogP contribution in [0.2, 0.25) is 5.02 Å². The number of likely N-dealkylation sites (tertiary alicyclic amines) is 1. The van der Waals surface area contributed by atoms with Crippen LogP contribution in [0, 0.1) is 5.92 Å². The van der Waals surface area contributed by atoms with Gasteiger partial charge in [0.2, 0.25) is 11.8 Å². The lowest BCUT2D eigenvalue weighted by atomic mass is 10.0. The number of rotatable bonds is 8. The molecule has 1 aliphatic heterocycles. The second-order valence-electron chi connectivity index (χ2n) is 7.75. The van der Waals surface area contributed by atoms with Gasteiger partial charge in [0.1, 0.15) is 0 Å². The third-order valence-electron chi connectivity index (χ3n) is 5.70. The van der Waals surface area contributed by atoms with Crippen molar-refractivity contribution in [2.45, 2.75) is 51.0 Å². The van der Waals surface area contributed by atoms with Gasteiger partial charge in [0.15, 0.2) is 0 Å². The van der Waals surface area contributed by atoms with Crippen LogP contribution in [-0.4, -0.2) is 42.9 Å². The molecular weight excluding hydrogens is 362 g/mol. The van der Waals surface area contributed by atoms with Crippen molar-refractivity contribution in [2.75, 3.05) is 26.2 Å². The van der Waals surface area contributed by atoms with Crippen molar-refractivity contribution in [3.63, 3.8) is 0 Å². The Bertz CT molecular complexity index is 640. The zero-order chi connectivity index (χ0) is 19.1. The number of carbonyl (C=O) groups is 2. The lowest BCUT2D eigenvalue weighted by Crippen LogP contribution is -2.41. The van der Waals surface area contributed by atoms with Crippen LogP contribution in [-0.2, 0) is 9.59 Å². The lowest BCUT2D eigenvalue weighted by Gasteiger charge is -2.28. The molecular formula is C21H30ClN3O2. The van der Waals surface area contributed by atoms with Crippen molar-refractivity contribution in [1.82, 2.24) is 15.5 Å². The molecule has 2 amide bonds. The Morgan fingerprint density at radius 3 is 2.52 bits per heavy atom. The Morgan fingerprint density at radius 1 is 1.07 bits per heavy atom. The summed E-state index contributed by atoms with van der Waals surface area (Å²) in [6.45, 7) is 2.64. The highest BCUT2D eigenvalue weighted by atomic mass is 35.5. The first-order chi connectivity index (χ1) is 13.1. The molecule has 0 bridgehead atoms. The molecule has 2 fully saturated rings. The minimum absolute atomic E-state index is 0.0111. The number of nitrogens with zero attached hydrogens (tertiary/aromatic N) is 1. The van der Waals surface area contributed by atoms with E-state index in [0.29, 0.717) is 23.9 Å². The van der Waals surface area contributed by atoms with E-state index in [-0.39, 0.29) is 24.4 Å². The predicted octanol–water partition coefficient (Wildman–Crippen LogP) is 3.29. The summed E-state index contributed by atoms with van der Waals surface area (Å²) in [4.78, 5) is 26.6. The fourth-order valence-corrected chi connectivity index (χ4v) is 4.42. The van der Waals surface area contributed by atoms with Gasteiger partial charge in [0, 0.05) is 18.0 Å². The average Bonchev–Trinajstić information content (AvgIpc) is 3.34. The van der Waals surface area contributed by atoms with Gasteiger partial charge in [-0.25, -0.2) is 0 Å². The molecule has 6 heteroatoms. The Hall–Kier alpha value is -1.59. The molecule has 148 valence electrons. The summed E-state index contributed by atoms with van der Waals surface area (Å²) in [5.41, 5.74) is 1.12. The number of hydrogen-bond donors (Lipinski definition) is 2. The molecule has 0 aromatic heterocycles. The molecule has 1 aromatic carbocycles. The van der Waals surface area contributed by atoms with Gasteiger partial charge in [-0.3, -0.25) is 14.5 Å². The van der Waals surface area contributed by atoms with E-state index in [1.807, 2.05) is 18.2 Å². The Morgan fingerprint density at radius 2 is 1.81 bits per heavy atom. The fraction of sp³-hybridized carbons (Fsp3) is 0.619. The van der Waals surface area contributed by atoms with Crippen LogP contribution in [0.15, 0.2) is 24.3 Å². The summed E-state index contributed by atoms with van der Waals surface area (Å²) in [6, 6.07) is 7.96. The summed E-state index contributed by atoms with van der Waals surface area (Å²) in [7, 11) is 0. The van der Waals surface area contributed by atoms with E-state index in [4.69, 9.17) is 11.6 Å². The normalized spacial score (nSPS) is 19.1. The second-order valence-corrected chi connectivity index (χ2v) is 8.19. The first-order valence-electron chi connectivity index (χ1n) is 10.1. The average molecular weight is 392 g/mol. The van der Waals surface area contributed by atoms with Gasteiger partial charge in [0.25, 0.3) is 0 Å². The van der Waals surface area contributed by atoms with Crippen LogP contribution < -0.4 is 10.6 Å². The quantitative estimate of drug-likeness (QED) is 0.714. The van der Waals surface area contributed by atoms with Crippen LogP contribution >= 0.6 is 11.6 Å². The summed E-state index contributed by atoms with van der Waals surface area (Å²) >= 11 is 6.16. The van der Waals surface area contributed by atoms with E-state index in [0.717, 1.165) is 31.5 Å².